The Morgan fingerprint density at radius 2 is 2.14 bits per heavy atom. The molecule has 0 spiro atoms. The van der Waals surface area contributed by atoms with E-state index in [-0.39, 0.29) is 40.8 Å². The van der Waals surface area contributed by atoms with E-state index >= 15 is 0 Å². The number of ether oxygens (including phenoxy) is 2. The van der Waals surface area contributed by atoms with Gasteiger partial charge in [0.1, 0.15) is 6.07 Å². The number of fused-ring (bicyclic) bond motifs is 1. The van der Waals surface area contributed by atoms with Gasteiger partial charge in [-0.25, -0.2) is 4.98 Å². The molecule has 9 heteroatoms. The Balaban J connectivity index is 2.18. The van der Waals surface area contributed by atoms with Crippen LogP contribution in [0.1, 0.15) is 18.3 Å². The largest absolute Gasteiger partial charge is 0.490 e. The molecule has 146 valence electrons. The van der Waals surface area contributed by atoms with Crippen LogP contribution < -0.4 is 15.0 Å². The van der Waals surface area contributed by atoms with E-state index in [1.54, 1.807) is 31.2 Å². The number of nitro benzene ring substituents is 1. The van der Waals surface area contributed by atoms with Gasteiger partial charge < -0.3 is 14.5 Å². The number of allylic oxidation sites excluding steroid dienone is 1. The van der Waals surface area contributed by atoms with E-state index in [1.807, 2.05) is 6.07 Å². The number of rotatable bonds is 6. The molecule has 2 aromatic carbocycles. The zero-order chi connectivity index (χ0) is 21.0. The molecule has 0 bridgehead atoms. The number of hydrogen-bond donors (Lipinski definition) is 1. The Morgan fingerprint density at radius 1 is 1.38 bits per heavy atom. The van der Waals surface area contributed by atoms with E-state index in [0.29, 0.717) is 16.5 Å². The van der Waals surface area contributed by atoms with Crippen molar-refractivity contribution in [2.24, 2.45) is 0 Å². The summed E-state index contributed by atoms with van der Waals surface area (Å²) in [5.74, 6) is 0.227. The summed E-state index contributed by atoms with van der Waals surface area (Å²) in [5, 5.41) is 21.4. The lowest BCUT2D eigenvalue weighted by Gasteiger charge is -2.10. The van der Waals surface area contributed by atoms with Crippen LogP contribution in [-0.2, 0) is 0 Å². The molecular weight excluding hydrogens is 376 g/mol. The van der Waals surface area contributed by atoms with Crippen LogP contribution in [0.4, 0.5) is 5.69 Å². The highest BCUT2D eigenvalue weighted by molar-refractivity contribution is 5.89. The number of nitro groups is 1. The minimum Gasteiger partial charge on any atom is -0.490 e. The van der Waals surface area contributed by atoms with Crippen LogP contribution in [0.25, 0.3) is 22.6 Å². The van der Waals surface area contributed by atoms with Crippen molar-refractivity contribution < 1.29 is 14.4 Å². The van der Waals surface area contributed by atoms with E-state index in [9.17, 15) is 20.2 Å². The van der Waals surface area contributed by atoms with Crippen LogP contribution in [0.3, 0.4) is 0 Å². The zero-order valence-electron chi connectivity index (χ0n) is 15.6. The maximum atomic E-state index is 12.3. The number of hydrogen-bond acceptors (Lipinski definition) is 7. The van der Waals surface area contributed by atoms with Gasteiger partial charge in [-0.1, -0.05) is 12.1 Å². The van der Waals surface area contributed by atoms with Gasteiger partial charge in [-0.05, 0) is 36.8 Å². The first-order chi connectivity index (χ1) is 14.0. The second-order valence-corrected chi connectivity index (χ2v) is 5.86. The fraction of sp³-hybridized carbons (Fsp3) is 0.150. The van der Waals surface area contributed by atoms with Crippen molar-refractivity contribution in [2.45, 2.75) is 6.92 Å². The van der Waals surface area contributed by atoms with Gasteiger partial charge in [0.05, 0.1) is 35.1 Å². The van der Waals surface area contributed by atoms with E-state index in [2.05, 4.69) is 9.97 Å². The number of methoxy groups -OCH3 is 1. The van der Waals surface area contributed by atoms with Gasteiger partial charge in [-0.15, -0.1) is 0 Å². The number of aromatic amines is 1. The zero-order valence-corrected chi connectivity index (χ0v) is 15.6. The summed E-state index contributed by atoms with van der Waals surface area (Å²) in [6, 6.07) is 11.5. The molecule has 0 atom stereocenters. The van der Waals surface area contributed by atoms with Crippen molar-refractivity contribution in [3.05, 3.63) is 68.3 Å². The maximum Gasteiger partial charge on any atom is 0.315 e. The van der Waals surface area contributed by atoms with Crippen LogP contribution in [-0.4, -0.2) is 28.6 Å². The quantitative estimate of drug-likeness (QED) is 0.387. The number of para-hydroxylation sites is 1. The third kappa shape index (κ3) is 3.91. The molecule has 0 amide bonds. The number of benzene rings is 2. The predicted octanol–water partition coefficient (Wildman–Crippen LogP) is 3.30. The van der Waals surface area contributed by atoms with Crippen LogP contribution >= 0.6 is 0 Å². The van der Waals surface area contributed by atoms with E-state index in [4.69, 9.17) is 9.47 Å². The first-order valence-electron chi connectivity index (χ1n) is 8.59. The molecule has 0 saturated heterocycles. The van der Waals surface area contributed by atoms with E-state index in [1.165, 1.54) is 25.3 Å². The molecular formula is C20H16N4O5. The summed E-state index contributed by atoms with van der Waals surface area (Å²) >= 11 is 0. The number of nitrogens with zero attached hydrogens (tertiary/aromatic N) is 3. The van der Waals surface area contributed by atoms with Crippen LogP contribution in [0.2, 0.25) is 0 Å². The molecule has 0 radical (unpaired) electrons. The standard InChI is InChI=1S/C20H16N4O5/c1-3-29-17-10-12(9-16(24(26)27)18(17)28-2)8-13(11-21)19-22-15-7-5-4-6-14(15)20(25)23-19/h4-10H,3H2,1-2H3,(H,22,23,25)/b13-8-. The normalized spacial score (nSPS) is 11.1. The Kier molecular flexibility index (Phi) is 5.55. The van der Waals surface area contributed by atoms with Crippen LogP contribution in [0.5, 0.6) is 11.5 Å². The summed E-state index contributed by atoms with van der Waals surface area (Å²) < 4.78 is 10.6. The first-order valence-corrected chi connectivity index (χ1v) is 8.59. The molecule has 0 aliphatic rings. The summed E-state index contributed by atoms with van der Waals surface area (Å²) in [6.45, 7) is 2.00. The lowest BCUT2D eigenvalue weighted by molar-refractivity contribution is -0.385. The molecule has 1 aromatic heterocycles. The van der Waals surface area contributed by atoms with Crippen molar-refractivity contribution in [1.82, 2.24) is 9.97 Å². The minimum absolute atomic E-state index is 0.00950. The topological polar surface area (TPSA) is 131 Å². The second kappa shape index (κ2) is 8.22. The molecule has 0 unspecified atom stereocenters. The smallest absolute Gasteiger partial charge is 0.315 e. The fourth-order valence-corrected chi connectivity index (χ4v) is 2.83. The first kappa shape index (κ1) is 19.6. The van der Waals surface area contributed by atoms with Crippen molar-refractivity contribution in [2.75, 3.05) is 13.7 Å². The lowest BCUT2D eigenvalue weighted by Crippen LogP contribution is -2.11. The summed E-state index contributed by atoms with van der Waals surface area (Å²) in [4.78, 5) is 30.0. The fourth-order valence-electron chi connectivity index (χ4n) is 2.83. The molecule has 0 aliphatic heterocycles. The Bertz CT molecular complexity index is 1220. The van der Waals surface area contributed by atoms with Crippen LogP contribution in [0, 0.1) is 21.4 Å². The Morgan fingerprint density at radius 3 is 2.79 bits per heavy atom. The van der Waals surface area contributed by atoms with Crippen molar-refractivity contribution in [1.29, 1.82) is 5.26 Å². The van der Waals surface area contributed by atoms with Gasteiger partial charge in [-0.3, -0.25) is 14.9 Å². The summed E-state index contributed by atoms with van der Waals surface area (Å²) in [5.41, 5.74) is 0.107. The van der Waals surface area contributed by atoms with Crippen LogP contribution in [0.15, 0.2) is 41.2 Å². The summed E-state index contributed by atoms with van der Waals surface area (Å²) in [6.07, 6.45) is 1.39. The Hall–Kier alpha value is -4.19. The molecule has 9 nitrogen and oxygen atoms in total. The van der Waals surface area contributed by atoms with Gasteiger partial charge in [-0.2, -0.15) is 5.26 Å². The number of nitriles is 1. The molecule has 29 heavy (non-hydrogen) atoms. The van der Waals surface area contributed by atoms with Crippen molar-refractivity contribution in [3.63, 3.8) is 0 Å². The monoisotopic (exact) mass is 392 g/mol. The van der Waals surface area contributed by atoms with Gasteiger partial charge in [0, 0.05) is 6.07 Å². The van der Waals surface area contributed by atoms with Gasteiger partial charge in [0.15, 0.2) is 11.6 Å². The average Bonchev–Trinajstić information content (AvgIpc) is 2.71. The average molecular weight is 392 g/mol. The molecule has 3 rings (SSSR count). The number of H-pyrrole nitrogens is 1. The molecule has 0 aliphatic carbocycles. The van der Waals surface area contributed by atoms with Gasteiger partial charge in [0.25, 0.3) is 5.56 Å². The highest BCUT2D eigenvalue weighted by atomic mass is 16.6. The van der Waals surface area contributed by atoms with Gasteiger partial charge >= 0.3 is 5.69 Å². The summed E-state index contributed by atoms with van der Waals surface area (Å²) in [7, 11) is 1.31. The third-order valence-corrected chi connectivity index (χ3v) is 4.06. The number of nitrogens with one attached hydrogen (secondary N) is 1. The number of aromatic nitrogens is 2. The molecule has 3 aromatic rings. The third-order valence-electron chi connectivity index (χ3n) is 4.06. The highest BCUT2D eigenvalue weighted by Crippen LogP contribution is 2.39. The Labute approximate surface area is 165 Å². The van der Waals surface area contributed by atoms with Crippen molar-refractivity contribution in [3.8, 4) is 17.6 Å². The molecule has 1 heterocycles. The SMILES string of the molecule is CCOc1cc(/C=C(/C#N)c2nc3ccccc3c(=O)[nH]2)cc([N+](=O)[O-])c1OC. The lowest BCUT2D eigenvalue weighted by atomic mass is 10.1. The maximum absolute atomic E-state index is 12.3. The molecule has 0 fully saturated rings. The van der Waals surface area contributed by atoms with E-state index in [0.717, 1.165) is 0 Å². The molecule has 0 saturated carbocycles. The van der Waals surface area contributed by atoms with Gasteiger partial charge in [0.2, 0.25) is 5.75 Å². The predicted molar refractivity (Wildman–Crippen MR) is 107 cm³/mol. The van der Waals surface area contributed by atoms with E-state index < -0.39 is 4.92 Å². The molecule has 1 N–H and O–H groups in total. The second-order valence-electron chi connectivity index (χ2n) is 5.86. The van der Waals surface area contributed by atoms with Crippen molar-refractivity contribution >= 4 is 28.2 Å². The minimum atomic E-state index is -0.596. The highest BCUT2D eigenvalue weighted by Gasteiger charge is 2.22.